The van der Waals surface area contributed by atoms with Crippen LogP contribution in [0.25, 0.3) is 0 Å². The lowest BCUT2D eigenvalue weighted by atomic mass is 10.1. The van der Waals surface area contributed by atoms with Gasteiger partial charge in [-0.05, 0) is 17.7 Å². The number of hydrogen-bond acceptors (Lipinski definition) is 4. The van der Waals surface area contributed by atoms with Crippen LogP contribution in [0, 0.1) is 0 Å². The van der Waals surface area contributed by atoms with Crippen molar-refractivity contribution in [1.29, 1.82) is 0 Å². The number of methoxy groups -OCH3 is 1. The third-order valence-corrected chi connectivity index (χ3v) is 3.01. The van der Waals surface area contributed by atoms with E-state index in [1.54, 1.807) is 23.1 Å². The van der Waals surface area contributed by atoms with Crippen LogP contribution in [0.3, 0.4) is 0 Å². The average Bonchev–Trinajstić information content (AvgIpc) is 2.83. The van der Waals surface area contributed by atoms with Gasteiger partial charge in [-0.3, -0.25) is 0 Å². The van der Waals surface area contributed by atoms with Gasteiger partial charge in [0.25, 0.3) is 0 Å². The summed E-state index contributed by atoms with van der Waals surface area (Å²) in [6, 6.07) is 5.32. The van der Waals surface area contributed by atoms with E-state index in [4.69, 9.17) is 0 Å². The van der Waals surface area contributed by atoms with Crippen LogP contribution in [0.15, 0.2) is 35.3 Å². The number of nitrogens with zero attached hydrogens (tertiary/aromatic N) is 3. The molecule has 0 aliphatic rings. The van der Waals surface area contributed by atoms with Crippen molar-refractivity contribution in [3.8, 4) is 0 Å². The number of rotatable bonds is 3. The Balaban J connectivity index is 2.23. The quantitative estimate of drug-likeness (QED) is 0.811. The first kappa shape index (κ1) is 11.8. The molecule has 0 bridgehead atoms. The van der Waals surface area contributed by atoms with Gasteiger partial charge in [-0.2, -0.15) is 5.10 Å². The van der Waals surface area contributed by atoms with Crippen molar-refractivity contribution in [3.63, 3.8) is 0 Å². The molecule has 0 aliphatic heterocycles. The van der Waals surface area contributed by atoms with Crippen LogP contribution in [0.2, 0.25) is 0 Å². The van der Waals surface area contributed by atoms with Crippen LogP contribution < -0.4 is 0 Å². The van der Waals surface area contributed by atoms with Gasteiger partial charge >= 0.3 is 5.97 Å². The minimum atomic E-state index is -0.349. The Morgan fingerprint density at radius 2 is 2.35 bits per heavy atom. The van der Waals surface area contributed by atoms with Gasteiger partial charge in [0, 0.05) is 4.47 Å². The second-order valence-corrected chi connectivity index (χ2v) is 4.25. The predicted octanol–water partition coefficient (Wildman–Crippen LogP) is 1.88. The molecule has 5 nitrogen and oxygen atoms in total. The first-order valence-corrected chi connectivity index (χ1v) is 5.69. The molecule has 0 N–H and O–H groups in total. The summed E-state index contributed by atoms with van der Waals surface area (Å²) in [6.45, 7) is 0.599. The van der Waals surface area contributed by atoms with Crippen molar-refractivity contribution in [1.82, 2.24) is 14.8 Å². The molecule has 2 aromatic rings. The van der Waals surface area contributed by atoms with Crippen LogP contribution in [0.5, 0.6) is 0 Å². The zero-order valence-corrected chi connectivity index (χ0v) is 10.7. The molecule has 0 saturated carbocycles. The molecule has 17 heavy (non-hydrogen) atoms. The molecule has 0 unspecified atom stereocenters. The lowest BCUT2D eigenvalue weighted by Crippen LogP contribution is -2.04. The Hall–Kier alpha value is -1.69. The van der Waals surface area contributed by atoms with E-state index in [0.29, 0.717) is 12.1 Å². The van der Waals surface area contributed by atoms with Gasteiger partial charge in [0.1, 0.15) is 12.7 Å². The van der Waals surface area contributed by atoms with Gasteiger partial charge in [0.05, 0.1) is 19.2 Å². The molecule has 0 fully saturated rings. The number of benzene rings is 1. The highest BCUT2D eigenvalue weighted by Crippen LogP contribution is 2.19. The second kappa shape index (κ2) is 5.09. The number of hydrogen-bond donors (Lipinski definition) is 0. The zero-order valence-electron chi connectivity index (χ0n) is 9.13. The standard InChI is InChI=1S/C11H10BrN3O2/c1-17-11(16)8-2-3-9(10(12)4-8)5-15-7-13-6-14-15/h2-4,6-7H,5H2,1H3. The third kappa shape index (κ3) is 2.71. The van der Waals surface area contributed by atoms with E-state index in [2.05, 4.69) is 30.7 Å². The molecule has 0 saturated heterocycles. The molecule has 6 heteroatoms. The van der Waals surface area contributed by atoms with Crippen molar-refractivity contribution in [2.45, 2.75) is 6.54 Å². The van der Waals surface area contributed by atoms with E-state index in [1.807, 2.05) is 6.07 Å². The van der Waals surface area contributed by atoms with Crippen molar-refractivity contribution < 1.29 is 9.53 Å². The van der Waals surface area contributed by atoms with E-state index in [-0.39, 0.29) is 5.97 Å². The fraction of sp³-hybridized carbons (Fsp3) is 0.182. The van der Waals surface area contributed by atoms with Gasteiger partial charge < -0.3 is 4.74 Å². The molecule has 0 spiro atoms. The zero-order chi connectivity index (χ0) is 12.3. The molecule has 0 atom stereocenters. The minimum Gasteiger partial charge on any atom is -0.465 e. The first-order valence-electron chi connectivity index (χ1n) is 4.90. The van der Waals surface area contributed by atoms with E-state index < -0.39 is 0 Å². The molecule has 88 valence electrons. The highest BCUT2D eigenvalue weighted by molar-refractivity contribution is 9.10. The fourth-order valence-corrected chi connectivity index (χ4v) is 1.91. The lowest BCUT2D eigenvalue weighted by Gasteiger charge is -2.06. The molecular formula is C11H10BrN3O2. The summed E-state index contributed by atoms with van der Waals surface area (Å²) in [6.07, 6.45) is 3.12. The molecule has 1 aromatic carbocycles. The highest BCUT2D eigenvalue weighted by Gasteiger charge is 2.08. The van der Waals surface area contributed by atoms with Crippen molar-refractivity contribution in [3.05, 3.63) is 46.5 Å². The van der Waals surface area contributed by atoms with Crippen LogP contribution >= 0.6 is 15.9 Å². The summed E-state index contributed by atoms with van der Waals surface area (Å²) < 4.78 is 7.20. The van der Waals surface area contributed by atoms with Gasteiger partial charge in [-0.15, -0.1) is 0 Å². The Morgan fingerprint density at radius 1 is 1.53 bits per heavy atom. The molecule has 0 radical (unpaired) electrons. The Morgan fingerprint density at radius 3 is 2.94 bits per heavy atom. The summed E-state index contributed by atoms with van der Waals surface area (Å²) in [5.41, 5.74) is 1.53. The fourth-order valence-electron chi connectivity index (χ4n) is 1.41. The maximum absolute atomic E-state index is 11.3. The lowest BCUT2D eigenvalue weighted by molar-refractivity contribution is 0.0600. The average molecular weight is 296 g/mol. The largest absolute Gasteiger partial charge is 0.465 e. The van der Waals surface area contributed by atoms with Crippen LogP contribution in [0.1, 0.15) is 15.9 Å². The van der Waals surface area contributed by atoms with Gasteiger partial charge in [0.2, 0.25) is 0 Å². The third-order valence-electron chi connectivity index (χ3n) is 2.27. The first-order chi connectivity index (χ1) is 8.20. The summed E-state index contributed by atoms with van der Waals surface area (Å²) >= 11 is 3.42. The van der Waals surface area contributed by atoms with Crippen LogP contribution in [-0.4, -0.2) is 27.8 Å². The van der Waals surface area contributed by atoms with Gasteiger partial charge in [0.15, 0.2) is 0 Å². The molecule has 1 heterocycles. The normalized spacial score (nSPS) is 10.2. The van der Waals surface area contributed by atoms with Gasteiger partial charge in [-0.1, -0.05) is 22.0 Å². The summed E-state index contributed by atoms with van der Waals surface area (Å²) in [5.74, 6) is -0.349. The second-order valence-electron chi connectivity index (χ2n) is 3.39. The van der Waals surface area contributed by atoms with Gasteiger partial charge in [-0.25, -0.2) is 14.5 Å². The number of aromatic nitrogens is 3. The Bertz CT molecular complexity index is 526. The summed E-state index contributed by atoms with van der Waals surface area (Å²) in [4.78, 5) is 15.2. The Kier molecular flexibility index (Phi) is 3.53. The minimum absolute atomic E-state index is 0.349. The summed E-state index contributed by atoms with van der Waals surface area (Å²) in [7, 11) is 1.36. The van der Waals surface area contributed by atoms with E-state index in [1.165, 1.54) is 13.4 Å². The molecular weight excluding hydrogens is 286 g/mol. The van der Waals surface area contributed by atoms with Crippen LogP contribution in [0.4, 0.5) is 0 Å². The number of esters is 1. The molecule has 1 aromatic heterocycles. The monoisotopic (exact) mass is 295 g/mol. The van der Waals surface area contributed by atoms with E-state index >= 15 is 0 Å². The molecule has 0 aliphatic carbocycles. The maximum Gasteiger partial charge on any atom is 0.337 e. The number of carbonyl (C=O) groups is 1. The van der Waals surface area contributed by atoms with Crippen LogP contribution in [-0.2, 0) is 11.3 Å². The SMILES string of the molecule is COC(=O)c1ccc(Cn2cncn2)c(Br)c1. The Labute approximate surface area is 107 Å². The number of carbonyl (C=O) groups excluding carboxylic acids is 1. The van der Waals surface area contributed by atoms with Crippen molar-refractivity contribution in [2.24, 2.45) is 0 Å². The van der Waals surface area contributed by atoms with E-state index in [9.17, 15) is 4.79 Å². The smallest absolute Gasteiger partial charge is 0.337 e. The van der Waals surface area contributed by atoms with E-state index in [0.717, 1.165) is 10.0 Å². The van der Waals surface area contributed by atoms with Crippen molar-refractivity contribution in [2.75, 3.05) is 7.11 Å². The van der Waals surface area contributed by atoms with Crippen molar-refractivity contribution >= 4 is 21.9 Å². The highest BCUT2D eigenvalue weighted by atomic mass is 79.9. The summed E-state index contributed by atoms with van der Waals surface area (Å²) in [5, 5.41) is 4.02. The molecule has 0 amide bonds. The molecule has 2 rings (SSSR count). The number of ether oxygens (including phenoxy) is 1. The topological polar surface area (TPSA) is 57.0 Å². The number of halogens is 1. The predicted molar refractivity (Wildman–Crippen MR) is 64.6 cm³/mol. The maximum atomic E-state index is 11.3.